The first-order valence-corrected chi connectivity index (χ1v) is 10.5. The van der Waals surface area contributed by atoms with E-state index >= 15 is 0 Å². The van der Waals surface area contributed by atoms with Crippen LogP contribution in [0, 0.1) is 23.5 Å². The Morgan fingerprint density at radius 2 is 1.33 bits per heavy atom. The molecule has 0 spiro atoms. The molecule has 1 aliphatic heterocycles. The summed E-state index contributed by atoms with van der Waals surface area (Å²) in [7, 11) is 0. The first-order valence-electron chi connectivity index (χ1n) is 8.76. The van der Waals surface area contributed by atoms with Crippen molar-refractivity contribution in [3.63, 3.8) is 0 Å². The Kier molecular flexibility index (Phi) is 3.95. The van der Waals surface area contributed by atoms with Crippen molar-refractivity contribution in [2.45, 2.75) is 0 Å². The van der Waals surface area contributed by atoms with Crippen LogP contribution in [0.25, 0.3) is 9.88 Å². The van der Waals surface area contributed by atoms with Crippen molar-refractivity contribution < 1.29 is 4.48 Å². The maximum atomic E-state index is 3.58. The number of rotatable bonds is 0. The van der Waals surface area contributed by atoms with Crippen molar-refractivity contribution in [3.05, 3.63) is 94.8 Å². The van der Waals surface area contributed by atoms with Crippen molar-refractivity contribution in [2.75, 3.05) is 0 Å². The fourth-order valence-corrected chi connectivity index (χ4v) is 5.59. The summed E-state index contributed by atoms with van der Waals surface area (Å²) in [4.78, 5) is 1.30. The van der Waals surface area contributed by atoms with Crippen molar-refractivity contribution in [1.82, 2.24) is 0 Å². The van der Waals surface area contributed by atoms with Gasteiger partial charge in [-0.2, -0.15) is 0 Å². The highest BCUT2D eigenvalue weighted by atomic mass is 32.1. The monoisotopic (exact) mass is 379 g/mol. The molecule has 0 radical (unpaired) electrons. The SMILES string of the molecule is C(#C[B-]1(C#Cc2ccccc2)c2ccsc2-c2scc[n+]21)c1ccccc1. The number of aromatic nitrogens is 1. The highest BCUT2D eigenvalue weighted by Crippen LogP contribution is 2.31. The van der Waals surface area contributed by atoms with Crippen LogP contribution in [0.2, 0.25) is 0 Å². The molecule has 0 aliphatic carbocycles. The Morgan fingerprint density at radius 1 is 0.704 bits per heavy atom. The highest BCUT2D eigenvalue weighted by molar-refractivity contribution is 7.23. The van der Waals surface area contributed by atoms with Crippen molar-refractivity contribution in [1.29, 1.82) is 0 Å². The lowest BCUT2D eigenvalue weighted by Crippen LogP contribution is -2.67. The van der Waals surface area contributed by atoms with Crippen LogP contribution in [0.15, 0.2) is 83.7 Å². The lowest BCUT2D eigenvalue weighted by atomic mass is 9.33. The molecule has 2 aromatic heterocycles. The lowest BCUT2D eigenvalue weighted by molar-refractivity contribution is -0.518. The average molecular weight is 379 g/mol. The van der Waals surface area contributed by atoms with Gasteiger partial charge in [-0.25, -0.2) is 11.6 Å². The standard InChI is InChI=1S/C23H14BNS2/c1-3-7-19(8-4-1)11-14-24(15-12-20-9-5-2-6-10-20)21-13-17-26-22(21)23-25(24)16-18-27-23/h1-10,13,16-18H. The minimum atomic E-state index is -1.49. The molecule has 3 heterocycles. The number of hydrogen-bond acceptors (Lipinski definition) is 2. The summed E-state index contributed by atoms with van der Waals surface area (Å²) in [5.74, 6) is 13.9. The minimum Gasteiger partial charge on any atom is -0.383 e. The van der Waals surface area contributed by atoms with Gasteiger partial charge in [0.05, 0.1) is 10.3 Å². The number of fused-ring (bicyclic) bond motifs is 3. The third kappa shape index (κ3) is 2.71. The van der Waals surface area contributed by atoms with E-state index in [1.165, 1.54) is 15.3 Å². The number of hydrogen-bond donors (Lipinski definition) is 0. The number of nitrogens with zero attached hydrogens (tertiary/aromatic N) is 1. The number of benzene rings is 2. The first-order chi connectivity index (χ1) is 13.4. The Balaban J connectivity index is 1.74. The molecule has 0 unspecified atom stereocenters. The van der Waals surface area contributed by atoms with Crippen LogP contribution in [-0.2, 0) is 0 Å². The normalized spacial score (nSPS) is 12.9. The van der Waals surface area contributed by atoms with Crippen LogP contribution in [0.3, 0.4) is 0 Å². The van der Waals surface area contributed by atoms with Gasteiger partial charge in [0.1, 0.15) is 6.20 Å². The van der Waals surface area contributed by atoms with Crippen molar-refractivity contribution in [3.8, 4) is 33.4 Å². The van der Waals surface area contributed by atoms with Crippen LogP contribution in [-0.4, -0.2) is 6.28 Å². The number of thiophene rings is 1. The molecular formula is C23H14BNS2. The zero-order valence-corrected chi connectivity index (χ0v) is 16.1. The van der Waals surface area contributed by atoms with Gasteiger partial charge in [-0.05, 0) is 29.6 Å². The van der Waals surface area contributed by atoms with Crippen LogP contribution < -0.4 is 9.94 Å². The Morgan fingerprint density at radius 3 is 1.96 bits per heavy atom. The fourth-order valence-electron chi connectivity index (χ4n) is 3.49. The molecule has 4 aromatic rings. The molecule has 2 aromatic carbocycles. The second-order valence-corrected chi connectivity index (χ2v) is 8.22. The molecular weight excluding hydrogens is 365 g/mol. The van der Waals surface area contributed by atoms with Gasteiger partial charge >= 0.3 is 6.28 Å². The topological polar surface area (TPSA) is 3.88 Å². The molecule has 0 saturated heterocycles. The third-order valence-electron chi connectivity index (χ3n) is 4.79. The van der Waals surface area contributed by atoms with Gasteiger partial charge in [-0.15, -0.1) is 23.2 Å². The summed E-state index contributed by atoms with van der Waals surface area (Å²) >= 11 is 3.53. The quantitative estimate of drug-likeness (QED) is 0.322. The largest absolute Gasteiger partial charge is 0.446 e. The molecule has 4 heteroatoms. The average Bonchev–Trinajstić information content (AvgIpc) is 3.43. The van der Waals surface area contributed by atoms with Gasteiger partial charge in [0.2, 0.25) is 5.01 Å². The molecule has 0 atom stereocenters. The van der Waals surface area contributed by atoms with E-state index < -0.39 is 6.28 Å². The summed E-state index contributed by atoms with van der Waals surface area (Å²) in [6, 6.07) is 22.5. The van der Waals surface area contributed by atoms with E-state index in [0.717, 1.165) is 11.1 Å². The third-order valence-corrected chi connectivity index (χ3v) is 6.75. The molecule has 5 rings (SSSR count). The Hall–Kier alpha value is -3.05. The van der Waals surface area contributed by atoms with Crippen molar-refractivity contribution >= 4 is 34.4 Å². The molecule has 126 valence electrons. The van der Waals surface area contributed by atoms with Gasteiger partial charge in [-0.1, -0.05) is 59.3 Å². The molecule has 0 N–H and O–H groups in total. The molecule has 1 nitrogen and oxygen atoms in total. The molecule has 1 aliphatic rings. The van der Waals surface area contributed by atoms with E-state index in [1.54, 1.807) is 22.7 Å². The van der Waals surface area contributed by atoms with Gasteiger partial charge in [0.25, 0.3) is 0 Å². The second-order valence-electron chi connectivity index (χ2n) is 6.41. The fraction of sp³-hybridized carbons (Fsp3) is 0. The molecule has 0 fully saturated rings. The van der Waals surface area contributed by atoms with Crippen molar-refractivity contribution in [2.24, 2.45) is 0 Å². The number of thiazole rings is 1. The van der Waals surface area contributed by atoms with E-state index in [0.29, 0.717) is 0 Å². The second kappa shape index (κ2) is 6.60. The van der Waals surface area contributed by atoms with Gasteiger partial charge in [0.15, 0.2) is 0 Å². The highest BCUT2D eigenvalue weighted by Gasteiger charge is 2.47. The summed E-state index contributed by atoms with van der Waals surface area (Å²) in [5.41, 5.74) is 3.28. The van der Waals surface area contributed by atoms with E-state index in [2.05, 4.69) is 51.0 Å². The van der Waals surface area contributed by atoms with E-state index in [1.807, 2.05) is 60.7 Å². The molecule has 0 amide bonds. The van der Waals surface area contributed by atoms with E-state index in [9.17, 15) is 0 Å². The van der Waals surface area contributed by atoms with Gasteiger partial charge in [-0.3, -0.25) is 0 Å². The van der Waals surface area contributed by atoms with Crippen LogP contribution in [0.4, 0.5) is 0 Å². The van der Waals surface area contributed by atoms with Gasteiger partial charge in [0, 0.05) is 11.1 Å². The zero-order chi connectivity index (χ0) is 18.1. The summed E-state index contributed by atoms with van der Waals surface area (Å²) in [5, 5.41) is 5.53. The predicted octanol–water partition coefficient (Wildman–Crippen LogP) is 3.96. The maximum absolute atomic E-state index is 3.58. The summed E-state index contributed by atoms with van der Waals surface area (Å²) in [6.07, 6.45) is 0.636. The smallest absolute Gasteiger partial charge is 0.383 e. The van der Waals surface area contributed by atoms with E-state index in [-0.39, 0.29) is 0 Å². The minimum absolute atomic E-state index is 1.02. The summed E-state index contributed by atoms with van der Waals surface area (Å²) in [6.45, 7) is 0. The van der Waals surface area contributed by atoms with E-state index in [4.69, 9.17) is 0 Å². The predicted molar refractivity (Wildman–Crippen MR) is 115 cm³/mol. The Labute approximate surface area is 166 Å². The Bertz CT molecular complexity index is 1130. The van der Waals surface area contributed by atoms with Gasteiger partial charge < -0.3 is 4.48 Å². The molecule has 0 bridgehead atoms. The molecule has 0 saturated carbocycles. The van der Waals surface area contributed by atoms with Crippen LogP contribution in [0.1, 0.15) is 11.1 Å². The molecule has 27 heavy (non-hydrogen) atoms. The van der Waals surface area contributed by atoms with Crippen LogP contribution >= 0.6 is 22.7 Å². The lowest BCUT2D eigenvalue weighted by Gasteiger charge is -2.17. The summed E-state index contributed by atoms with van der Waals surface area (Å²) < 4.78 is 2.29. The first kappa shape index (κ1) is 16.2. The zero-order valence-electron chi connectivity index (χ0n) is 14.4. The van der Waals surface area contributed by atoms with Crippen LogP contribution in [0.5, 0.6) is 0 Å². The maximum Gasteiger partial charge on any atom is 0.446 e.